The summed E-state index contributed by atoms with van der Waals surface area (Å²) < 4.78 is 15.8. The molecule has 1 aromatic carbocycles. The lowest BCUT2D eigenvalue weighted by Crippen LogP contribution is -2.56. The Bertz CT molecular complexity index is 1200. The number of aromatic nitrogens is 7. The van der Waals surface area contributed by atoms with Crippen LogP contribution in [-0.4, -0.2) is 58.8 Å². The number of rotatable bonds is 5. The van der Waals surface area contributed by atoms with Gasteiger partial charge in [-0.25, -0.2) is 9.37 Å². The molecule has 6 rings (SSSR count). The minimum atomic E-state index is -0.877. The van der Waals surface area contributed by atoms with Crippen LogP contribution in [-0.2, 0) is 7.05 Å². The molecular weight excluding hydrogens is 435 g/mol. The Morgan fingerprint density at radius 3 is 2.68 bits per heavy atom. The number of fused-ring (bicyclic) bond motifs is 2. The lowest BCUT2D eigenvalue weighted by atomic mass is 9.60. The molecule has 2 aromatic heterocycles. The highest BCUT2D eigenvalue weighted by Crippen LogP contribution is 2.52. The quantitative estimate of drug-likeness (QED) is 0.609. The van der Waals surface area contributed by atoms with Crippen molar-refractivity contribution in [2.75, 3.05) is 4.90 Å². The largest absolute Gasteiger partial charge is 0.507 e. The Hall–Kier alpha value is -3.17. The van der Waals surface area contributed by atoms with Gasteiger partial charge in [0.2, 0.25) is 5.82 Å². The molecule has 3 aromatic rings. The van der Waals surface area contributed by atoms with Crippen LogP contribution in [0.2, 0.25) is 0 Å². The van der Waals surface area contributed by atoms with Crippen molar-refractivity contribution in [3.63, 3.8) is 0 Å². The first kappa shape index (κ1) is 21.4. The summed E-state index contributed by atoms with van der Waals surface area (Å²) in [5.74, 6) is 1.96. The fourth-order valence-electron chi connectivity index (χ4n) is 6.04. The molecule has 2 heterocycles. The predicted molar refractivity (Wildman–Crippen MR) is 124 cm³/mol. The van der Waals surface area contributed by atoms with Gasteiger partial charge in [-0.3, -0.25) is 0 Å². The van der Waals surface area contributed by atoms with Crippen LogP contribution in [0.4, 0.5) is 10.2 Å². The number of hydrogen-bond acceptors (Lipinski definition) is 8. The van der Waals surface area contributed by atoms with Gasteiger partial charge in [0.25, 0.3) is 0 Å². The summed E-state index contributed by atoms with van der Waals surface area (Å²) >= 11 is 0. The van der Waals surface area contributed by atoms with Crippen molar-refractivity contribution < 1.29 is 9.50 Å². The molecule has 3 aliphatic rings. The fraction of sp³-hybridized carbons (Fsp3) is 0.583. The Kier molecular flexibility index (Phi) is 5.00. The van der Waals surface area contributed by atoms with Crippen LogP contribution in [0.15, 0.2) is 24.4 Å². The van der Waals surface area contributed by atoms with Crippen molar-refractivity contribution in [2.45, 2.75) is 70.1 Å². The summed E-state index contributed by atoms with van der Waals surface area (Å²) in [6.07, 6.45) is 8.04. The molecule has 3 fully saturated rings. The maximum absolute atomic E-state index is 15.8. The normalized spacial score (nSPS) is 28.6. The van der Waals surface area contributed by atoms with Gasteiger partial charge in [0, 0.05) is 17.0 Å². The van der Waals surface area contributed by atoms with Crippen LogP contribution in [0.1, 0.15) is 51.9 Å². The molecule has 0 spiro atoms. The molecule has 34 heavy (non-hydrogen) atoms. The van der Waals surface area contributed by atoms with Crippen molar-refractivity contribution in [2.24, 2.45) is 18.4 Å². The summed E-state index contributed by atoms with van der Waals surface area (Å²) in [5, 5.41) is 31.3. The number of nitrogens with zero attached hydrogens (tertiary/aromatic N) is 8. The van der Waals surface area contributed by atoms with Crippen LogP contribution >= 0.6 is 0 Å². The van der Waals surface area contributed by atoms with Crippen molar-refractivity contribution in [3.05, 3.63) is 24.4 Å². The number of tetrazole rings is 1. The zero-order chi connectivity index (χ0) is 23.4. The number of alkyl halides is 1. The average Bonchev–Trinajstić information content (AvgIpc) is 3.56. The summed E-state index contributed by atoms with van der Waals surface area (Å²) in [4.78, 5) is 8.03. The Labute approximate surface area is 197 Å². The Morgan fingerprint density at radius 1 is 1.15 bits per heavy atom. The zero-order valence-electron chi connectivity index (χ0n) is 19.5. The predicted octanol–water partition coefficient (Wildman–Crippen LogP) is 3.71. The Balaban J connectivity index is 1.27. The van der Waals surface area contributed by atoms with Crippen LogP contribution in [0.3, 0.4) is 0 Å². The second-order valence-corrected chi connectivity index (χ2v) is 10.4. The van der Waals surface area contributed by atoms with E-state index in [1.54, 1.807) is 31.4 Å². The first-order valence-electron chi connectivity index (χ1n) is 12.1. The van der Waals surface area contributed by atoms with Crippen LogP contribution in [0, 0.1) is 11.3 Å². The third kappa shape index (κ3) is 3.69. The number of anilines is 1. The van der Waals surface area contributed by atoms with Gasteiger partial charge in [0.15, 0.2) is 11.6 Å². The number of aromatic hydroxyl groups is 1. The van der Waals surface area contributed by atoms with Crippen LogP contribution in [0.25, 0.3) is 22.8 Å². The molecule has 10 heteroatoms. The lowest BCUT2D eigenvalue weighted by molar-refractivity contribution is -0.0125. The van der Waals surface area contributed by atoms with Gasteiger partial charge in [-0.05, 0) is 55.4 Å². The molecule has 9 nitrogen and oxygen atoms in total. The second kappa shape index (κ2) is 7.95. The molecular formula is C24H29FN8O. The molecule has 178 valence electrons. The third-order valence-electron chi connectivity index (χ3n) is 7.81. The van der Waals surface area contributed by atoms with E-state index in [0.717, 1.165) is 38.5 Å². The van der Waals surface area contributed by atoms with Crippen LogP contribution in [0.5, 0.6) is 5.75 Å². The van der Waals surface area contributed by atoms with E-state index in [0.29, 0.717) is 40.6 Å². The van der Waals surface area contributed by atoms with Gasteiger partial charge in [-0.15, -0.1) is 20.4 Å². The van der Waals surface area contributed by atoms with Gasteiger partial charge in [-0.1, -0.05) is 25.8 Å². The number of benzene rings is 1. The summed E-state index contributed by atoms with van der Waals surface area (Å²) in [5.41, 5.74) is 0.863. The molecule has 2 bridgehead atoms. The first-order valence-corrected chi connectivity index (χ1v) is 12.1. The van der Waals surface area contributed by atoms with E-state index in [2.05, 4.69) is 42.4 Å². The standard InChI is InChI=1S/C24H29FN8O/c1-24-9-3-4-14(12-24)10-18(21(24)25)33(16-6-7-16)20-13-26-23(28-27-20)17-8-5-15(11-19(17)34)22-29-31-32(2)30-22/h5,8,11,13-14,16,18,21,34H,3-4,6-7,9-10,12H2,1-2H3/t14-,18-,21-,24-/m1/s1. The molecule has 0 aliphatic heterocycles. The molecule has 0 radical (unpaired) electrons. The first-order chi connectivity index (χ1) is 16.4. The lowest BCUT2D eigenvalue weighted by Gasteiger charge is -2.52. The highest BCUT2D eigenvalue weighted by molar-refractivity contribution is 5.70. The minimum Gasteiger partial charge on any atom is -0.507 e. The molecule has 0 unspecified atom stereocenters. The molecule has 3 saturated carbocycles. The molecule has 4 atom stereocenters. The summed E-state index contributed by atoms with van der Waals surface area (Å²) in [6, 6.07) is 5.20. The van der Waals surface area contributed by atoms with Gasteiger partial charge >= 0.3 is 0 Å². The van der Waals surface area contributed by atoms with Gasteiger partial charge < -0.3 is 10.0 Å². The van der Waals surface area contributed by atoms with E-state index in [9.17, 15) is 5.11 Å². The number of phenolic OH excluding ortho intramolecular Hbond substituents is 1. The van der Waals surface area contributed by atoms with Crippen molar-refractivity contribution >= 4 is 5.82 Å². The maximum atomic E-state index is 15.8. The zero-order valence-corrected chi connectivity index (χ0v) is 19.5. The highest BCUT2D eigenvalue weighted by atomic mass is 19.1. The topological polar surface area (TPSA) is 106 Å². The third-order valence-corrected chi connectivity index (χ3v) is 7.81. The number of halogens is 1. The highest BCUT2D eigenvalue weighted by Gasteiger charge is 2.52. The van der Waals surface area contributed by atoms with E-state index in [-0.39, 0.29) is 17.2 Å². The number of aryl methyl sites for hydroxylation is 1. The van der Waals surface area contributed by atoms with Gasteiger partial charge in [0.05, 0.1) is 24.8 Å². The van der Waals surface area contributed by atoms with E-state index < -0.39 is 6.17 Å². The second-order valence-electron chi connectivity index (χ2n) is 10.4. The molecule has 0 saturated heterocycles. The number of phenols is 1. The molecule has 1 N–H and O–H groups in total. The summed E-state index contributed by atoms with van der Waals surface area (Å²) in [7, 11) is 1.68. The van der Waals surface area contributed by atoms with Gasteiger partial charge in [0.1, 0.15) is 11.9 Å². The molecule has 3 aliphatic carbocycles. The number of hydrogen-bond donors (Lipinski definition) is 1. The fourth-order valence-corrected chi connectivity index (χ4v) is 6.04. The molecule has 0 amide bonds. The monoisotopic (exact) mass is 464 g/mol. The van der Waals surface area contributed by atoms with Gasteiger partial charge in [-0.2, -0.15) is 4.80 Å². The van der Waals surface area contributed by atoms with E-state index >= 15 is 4.39 Å². The van der Waals surface area contributed by atoms with E-state index in [1.165, 1.54) is 11.2 Å². The average molecular weight is 465 g/mol. The van der Waals surface area contributed by atoms with Crippen molar-refractivity contribution in [1.82, 2.24) is 35.4 Å². The minimum absolute atomic E-state index is 0.00963. The maximum Gasteiger partial charge on any atom is 0.205 e. The van der Waals surface area contributed by atoms with E-state index in [4.69, 9.17) is 0 Å². The van der Waals surface area contributed by atoms with Crippen molar-refractivity contribution in [3.8, 4) is 28.5 Å². The van der Waals surface area contributed by atoms with Crippen LogP contribution < -0.4 is 4.90 Å². The smallest absolute Gasteiger partial charge is 0.205 e. The SMILES string of the molecule is Cn1nnc(-c2ccc(-c3ncc(N(C4CC4)[C@@H]4C[C@H]5CCC[C@](C)(C5)[C@@H]4F)nn3)c(O)c2)n1. The van der Waals surface area contributed by atoms with E-state index in [1.807, 2.05) is 0 Å². The van der Waals surface area contributed by atoms with Crippen molar-refractivity contribution in [1.29, 1.82) is 0 Å². The summed E-state index contributed by atoms with van der Waals surface area (Å²) in [6.45, 7) is 2.12. The Morgan fingerprint density at radius 2 is 2.00 bits per heavy atom.